The maximum Gasteiger partial charge on any atom is 0.290 e. The van der Waals surface area contributed by atoms with Gasteiger partial charge in [0.15, 0.2) is 0 Å². The fourth-order valence-corrected chi connectivity index (χ4v) is 6.63. The third kappa shape index (κ3) is 4.28. The molecule has 0 fully saturated rings. The van der Waals surface area contributed by atoms with E-state index in [1.54, 1.807) is 36.4 Å². The lowest BCUT2D eigenvalue weighted by molar-refractivity contribution is 0.450. The molecule has 0 radical (unpaired) electrons. The molecule has 0 unspecified atom stereocenters. The fraction of sp³-hybridized carbons (Fsp3) is 0.0526. The minimum absolute atomic E-state index is 0.0138. The summed E-state index contributed by atoms with van der Waals surface area (Å²) in [7, 11) is -8.29. The molecule has 3 aromatic rings. The Hall–Kier alpha value is -2.03. The molecule has 140 valence electrons. The molecular formula is C19H15BrFNO3S2. The van der Waals surface area contributed by atoms with E-state index in [1.165, 1.54) is 48.5 Å². The van der Waals surface area contributed by atoms with Gasteiger partial charge in [-0.1, -0.05) is 68.2 Å². The third-order valence-corrected chi connectivity index (χ3v) is 8.59. The van der Waals surface area contributed by atoms with E-state index in [1.807, 2.05) is 0 Å². The molecule has 0 aromatic heterocycles. The second-order valence-electron chi connectivity index (χ2n) is 5.61. The summed E-state index contributed by atoms with van der Waals surface area (Å²) < 4.78 is 58.7. The molecule has 0 aliphatic rings. The Morgan fingerprint density at radius 1 is 0.741 bits per heavy atom. The van der Waals surface area contributed by atoms with Gasteiger partial charge in [0.05, 0.1) is 9.79 Å². The molecule has 2 atom stereocenters. The highest BCUT2D eigenvalue weighted by atomic mass is 79.9. The van der Waals surface area contributed by atoms with E-state index in [0.717, 1.165) is 4.47 Å². The molecule has 0 heterocycles. The summed E-state index contributed by atoms with van der Waals surface area (Å²) >= 11 is 3.26. The molecule has 3 rings (SSSR count). The lowest BCUT2D eigenvalue weighted by Gasteiger charge is -2.16. The summed E-state index contributed by atoms with van der Waals surface area (Å²) in [6.45, 7) is 0. The smallest absolute Gasteiger partial charge is 0.240 e. The second kappa shape index (κ2) is 7.92. The van der Waals surface area contributed by atoms with Crippen LogP contribution in [0.15, 0.2) is 103 Å². The Morgan fingerprint density at radius 2 is 1.22 bits per heavy atom. The van der Waals surface area contributed by atoms with Crippen LogP contribution in [0.5, 0.6) is 0 Å². The van der Waals surface area contributed by atoms with E-state index in [9.17, 15) is 12.6 Å². The van der Waals surface area contributed by atoms with Gasteiger partial charge in [-0.3, -0.25) is 0 Å². The number of benzene rings is 3. The first kappa shape index (κ1) is 19.7. The highest BCUT2D eigenvalue weighted by Crippen LogP contribution is 2.34. The number of sulfonamides is 1. The van der Waals surface area contributed by atoms with Gasteiger partial charge in [-0.2, -0.15) is 8.42 Å². The minimum atomic E-state index is -4.33. The normalized spacial score (nSPS) is 14.9. The highest BCUT2D eigenvalue weighted by Gasteiger charge is 2.30. The van der Waals surface area contributed by atoms with Gasteiger partial charge in [-0.15, -0.1) is 0 Å². The Kier molecular flexibility index (Phi) is 5.78. The van der Waals surface area contributed by atoms with Crippen molar-refractivity contribution < 1.29 is 17.0 Å². The van der Waals surface area contributed by atoms with Crippen molar-refractivity contribution in [3.8, 4) is 0 Å². The predicted molar refractivity (Wildman–Crippen MR) is 107 cm³/mol. The predicted octanol–water partition coefficient (Wildman–Crippen LogP) is 5.33. The summed E-state index contributed by atoms with van der Waals surface area (Å²) in [5.41, 5.74) is -2.04. The minimum Gasteiger partial charge on any atom is -0.240 e. The maximum absolute atomic E-state index is 15.4. The van der Waals surface area contributed by atoms with Crippen LogP contribution < -0.4 is 0 Å². The van der Waals surface area contributed by atoms with Crippen LogP contribution >= 0.6 is 15.9 Å². The maximum atomic E-state index is 15.4. The first-order valence-electron chi connectivity index (χ1n) is 7.85. The summed E-state index contributed by atoms with van der Waals surface area (Å²) in [5.74, 6) is 0. The molecule has 0 spiro atoms. The summed E-state index contributed by atoms with van der Waals surface area (Å²) in [6.07, 6.45) is 0. The van der Waals surface area contributed by atoms with E-state index < -0.39 is 25.3 Å². The summed E-state index contributed by atoms with van der Waals surface area (Å²) in [4.78, 5) is -0.128. The summed E-state index contributed by atoms with van der Waals surface area (Å²) in [5, 5.41) is 0. The fourth-order valence-electron chi connectivity index (χ4n) is 2.40. The van der Waals surface area contributed by atoms with Crippen molar-refractivity contribution in [2.45, 2.75) is 15.3 Å². The number of hydrogen-bond acceptors (Lipinski definition) is 3. The molecular weight excluding hydrogens is 453 g/mol. The van der Waals surface area contributed by atoms with Crippen LogP contribution in [0, 0.1) is 0 Å². The molecule has 0 amide bonds. The zero-order valence-electron chi connectivity index (χ0n) is 13.9. The van der Waals surface area contributed by atoms with Crippen molar-refractivity contribution in [3.05, 3.63) is 95.0 Å². The van der Waals surface area contributed by atoms with Crippen molar-refractivity contribution in [3.63, 3.8) is 0 Å². The van der Waals surface area contributed by atoms with Crippen LogP contribution in [-0.2, 0) is 19.8 Å². The number of nitrogens with zero attached hydrogens (tertiary/aromatic N) is 1. The van der Waals surface area contributed by atoms with E-state index >= 15 is 4.39 Å². The standard InChI is InChI=1S/C19H15BrFNO3S2/c20-16-13-11-15(12-14-16)19(21)26(23,17-7-3-1-4-8-17)22-27(24,25)18-9-5-2-6-10-18/h1-14,19H/t19-,26-/m1/s1. The van der Waals surface area contributed by atoms with E-state index in [2.05, 4.69) is 19.7 Å². The molecule has 3 aromatic carbocycles. The number of hydrogen-bond donors (Lipinski definition) is 0. The number of rotatable bonds is 5. The second-order valence-corrected chi connectivity index (χ2v) is 10.6. The molecule has 0 aliphatic carbocycles. The molecule has 0 saturated carbocycles. The molecule has 8 heteroatoms. The van der Waals surface area contributed by atoms with E-state index in [0.29, 0.717) is 0 Å². The van der Waals surface area contributed by atoms with E-state index in [-0.39, 0.29) is 15.4 Å². The van der Waals surface area contributed by atoms with Crippen LogP contribution in [0.2, 0.25) is 0 Å². The Morgan fingerprint density at radius 3 is 1.74 bits per heavy atom. The highest BCUT2D eigenvalue weighted by molar-refractivity contribution is 9.10. The average Bonchev–Trinajstić information content (AvgIpc) is 2.69. The Labute approximate surface area is 166 Å². The molecule has 0 N–H and O–H groups in total. The van der Waals surface area contributed by atoms with Crippen molar-refractivity contribution in [1.82, 2.24) is 0 Å². The first-order chi connectivity index (χ1) is 12.8. The number of alkyl halides is 1. The lowest BCUT2D eigenvalue weighted by Crippen LogP contribution is -2.13. The van der Waals surface area contributed by atoms with Gasteiger partial charge in [-0.25, -0.2) is 8.60 Å². The molecule has 0 saturated heterocycles. The first-order valence-corrected chi connectivity index (χ1v) is 11.7. The quantitative estimate of drug-likeness (QED) is 0.508. The van der Waals surface area contributed by atoms with Gasteiger partial charge < -0.3 is 0 Å². The van der Waals surface area contributed by atoms with Crippen molar-refractivity contribution >= 4 is 35.7 Å². The van der Waals surface area contributed by atoms with Gasteiger partial charge >= 0.3 is 0 Å². The Balaban J connectivity index is 2.23. The van der Waals surface area contributed by atoms with Gasteiger partial charge in [0.25, 0.3) is 10.0 Å². The van der Waals surface area contributed by atoms with Gasteiger partial charge in [0, 0.05) is 10.0 Å². The van der Waals surface area contributed by atoms with Crippen LogP contribution in [0.25, 0.3) is 0 Å². The van der Waals surface area contributed by atoms with Crippen molar-refractivity contribution in [2.24, 2.45) is 3.77 Å². The molecule has 27 heavy (non-hydrogen) atoms. The molecule has 0 aliphatic heterocycles. The third-order valence-electron chi connectivity index (χ3n) is 3.74. The van der Waals surface area contributed by atoms with Crippen LogP contribution in [-0.4, -0.2) is 12.6 Å². The average molecular weight is 468 g/mol. The SMILES string of the molecule is O=S(=O)(N=[S@@](=O)(c1ccccc1)[C@@H](F)c1ccc(Br)cc1)c1ccccc1. The van der Waals surface area contributed by atoms with Crippen LogP contribution in [0.1, 0.15) is 11.1 Å². The van der Waals surface area contributed by atoms with Crippen molar-refractivity contribution in [1.29, 1.82) is 0 Å². The lowest BCUT2D eigenvalue weighted by atomic mass is 10.2. The topological polar surface area (TPSA) is 63.6 Å². The Bertz CT molecular complexity index is 1140. The van der Waals surface area contributed by atoms with Gasteiger partial charge in [-0.05, 0) is 36.4 Å². The summed E-state index contributed by atoms with van der Waals surface area (Å²) in [6, 6.07) is 21.1. The largest absolute Gasteiger partial charge is 0.290 e. The zero-order chi connectivity index (χ0) is 19.5. The van der Waals surface area contributed by atoms with Crippen molar-refractivity contribution in [2.75, 3.05) is 0 Å². The monoisotopic (exact) mass is 467 g/mol. The van der Waals surface area contributed by atoms with Crippen LogP contribution in [0.4, 0.5) is 4.39 Å². The van der Waals surface area contributed by atoms with Gasteiger partial charge in [0.2, 0.25) is 5.50 Å². The molecule has 0 bridgehead atoms. The van der Waals surface area contributed by atoms with Gasteiger partial charge in [0.1, 0.15) is 9.73 Å². The zero-order valence-corrected chi connectivity index (χ0v) is 17.1. The van der Waals surface area contributed by atoms with E-state index in [4.69, 9.17) is 0 Å². The molecule has 4 nitrogen and oxygen atoms in total. The van der Waals surface area contributed by atoms with Crippen LogP contribution in [0.3, 0.4) is 0 Å². The number of halogens is 2.